The molecule has 1 amide bonds. The van der Waals surface area contributed by atoms with Crippen molar-refractivity contribution in [2.45, 2.75) is 6.92 Å². The van der Waals surface area contributed by atoms with Gasteiger partial charge in [-0.1, -0.05) is 18.2 Å². The molecule has 0 aliphatic carbocycles. The second kappa shape index (κ2) is 5.97. The summed E-state index contributed by atoms with van der Waals surface area (Å²) in [6, 6.07) is 12.0. The van der Waals surface area contributed by atoms with Gasteiger partial charge in [0.25, 0.3) is 5.91 Å². The van der Waals surface area contributed by atoms with E-state index in [0.29, 0.717) is 5.69 Å². The zero-order valence-corrected chi connectivity index (χ0v) is 11.2. The molecule has 2 aromatic rings. The number of rotatable bonds is 3. The first kappa shape index (κ1) is 13.7. The summed E-state index contributed by atoms with van der Waals surface area (Å²) in [7, 11) is 1.27. The molecule has 1 heterocycles. The van der Waals surface area contributed by atoms with Crippen LogP contribution in [-0.4, -0.2) is 24.0 Å². The predicted octanol–water partition coefficient (Wildman–Crippen LogP) is 2.43. The van der Waals surface area contributed by atoms with Crippen LogP contribution < -0.4 is 5.32 Å². The minimum Gasteiger partial charge on any atom is -0.464 e. The molecular formula is C15H14N2O3. The van der Waals surface area contributed by atoms with Gasteiger partial charge in [0.2, 0.25) is 0 Å². The molecule has 0 spiro atoms. The van der Waals surface area contributed by atoms with Crippen LogP contribution in [0.25, 0.3) is 0 Å². The van der Waals surface area contributed by atoms with Crippen molar-refractivity contribution in [2.24, 2.45) is 0 Å². The number of methoxy groups -OCH3 is 1. The zero-order chi connectivity index (χ0) is 14.5. The first-order valence-corrected chi connectivity index (χ1v) is 6.03. The number of nitrogens with one attached hydrogen (secondary N) is 1. The number of nitrogens with zero attached hydrogens (tertiary/aromatic N) is 1. The van der Waals surface area contributed by atoms with Crippen LogP contribution >= 0.6 is 0 Å². The maximum atomic E-state index is 12.1. The van der Waals surface area contributed by atoms with E-state index >= 15 is 0 Å². The van der Waals surface area contributed by atoms with Crippen molar-refractivity contribution in [1.82, 2.24) is 4.98 Å². The van der Waals surface area contributed by atoms with Crippen LogP contribution in [0.1, 0.15) is 26.5 Å². The molecule has 0 atom stereocenters. The fourth-order valence-corrected chi connectivity index (χ4v) is 1.70. The Hall–Kier alpha value is -2.69. The second-order valence-electron chi connectivity index (χ2n) is 4.22. The average Bonchev–Trinajstić information content (AvgIpc) is 2.46. The second-order valence-corrected chi connectivity index (χ2v) is 4.22. The first-order valence-electron chi connectivity index (χ1n) is 6.03. The van der Waals surface area contributed by atoms with Gasteiger partial charge in [0.1, 0.15) is 11.4 Å². The number of esters is 1. The van der Waals surface area contributed by atoms with E-state index < -0.39 is 5.97 Å². The van der Waals surface area contributed by atoms with E-state index in [1.165, 1.54) is 19.2 Å². The molecule has 0 radical (unpaired) electrons. The fourth-order valence-electron chi connectivity index (χ4n) is 1.70. The Bertz CT molecular complexity index is 653. The first-order chi connectivity index (χ1) is 9.60. The van der Waals surface area contributed by atoms with Crippen molar-refractivity contribution >= 4 is 17.6 Å². The molecule has 0 aliphatic heterocycles. The summed E-state index contributed by atoms with van der Waals surface area (Å²) >= 11 is 0. The van der Waals surface area contributed by atoms with Crippen molar-refractivity contribution in [3.8, 4) is 0 Å². The Balaban J connectivity index is 2.19. The monoisotopic (exact) mass is 270 g/mol. The fraction of sp³-hybridized carbons (Fsp3) is 0.133. The molecule has 0 bridgehead atoms. The molecule has 102 valence electrons. The lowest BCUT2D eigenvalue weighted by Gasteiger charge is -2.06. The van der Waals surface area contributed by atoms with Gasteiger partial charge in [-0.25, -0.2) is 9.78 Å². The maximum Gasteiger partial charge on any atom is 0.356 e. The van der Waals surface area contributed by atoms with Crippen LogP contribution in [0.3, 0.4) is 0 Å². The van der Waals surface area contributed by atoms with Crippen LogP contribution in [0, 0.1) is 6.92 Å². The Labute approximate surface area is 116 Å². The maximum absolute atomic E-state index is 12.1. The van der Waals surface area contributed by atoms with Crippen molar-refractivity contribution in [2.75, 3.05) is 12.4 Å². The summed E-state index contributed by atoms with van der Waals surface area (Å²) in [4.78, 5) is 27.4. The number of ether oxygens (including phenoxy) is 1. The molecule has 1 aromatic carbocycles. The number of carbonyl (C=O) groups excluding carboxylic acids is 2. The van der Waals surface area contributed by atoms with Crippen LogP contribution in [0.2, 0.25) is 0 Å². The Morgan fingerprint density at radius 2 is 1.80 bits per heavy atom. The third-order valence-corrected chi connectivity index (χ3v) is 2.65. The number of hydrogen-bond acceptors (Lipinski definition) is 4. The van der Waals surface area contributed by atoms with Gasteiger partial charge in [-0.2, -0.15) is 0 Å². The lowest BCUT2D eigenvalue weighted by Crippen LogP contribution is -2.16. The third kappa shape index (κ3) is 3.20. The molecule has 0 fully saturated rings. The minimum absolute atomic E-state index is 0.101. The van der Waals surface area contributed by atoms with Crippen LogP contribution in [-0.2, 0) is 4.74 Å². The van der Waals surface area contributed by atoms with Crippen molar-refractivity contribution in [3.63, 3.8) is 0 Å². The summed E-state index contributed by atoms with van der Waals surface area (Å²) in [6.45, 7) is 1.94. The quantitative estimate of drug-likeness (QED) is 0.870. The van der Waals surface area contributed by atoms with Crippen LogP contribution in [0.5, 0.6) is 0 Å². The SMILES string of the molecule is COC(=O)c1cccc(C(=O)Nc2cccc(C)c2)n1. The highest BCUT2D eigenvalue weighted by molar-refractivity contribution is 6.03. The number of aromatic nitrogens is 1. The molecule has 2 rings (SSSR count). The van der Waals surface area contributed by atoms with Crippen molar-refractivity contribution in [1.29, 1.82) is 0 Å². The van der Waals surface area contributed by atoms with Gasteiger partial charge < -0.3 is 10.1 Å². The Kier molecular flexibility index (Phi) is 4.10. The van der Waals surface area contributed by atoms with Gasteiger partial charge >= 0.3 is 5.97 Å². The van der Waals surface area contributed by atoms with Gasteiger partial charge in [-0.3, -0.25) is 4.79 Å². The van der Waals surface area contributed by atoms with E-state index in [2.05, 4.69) is 15.0 Å². The number of pyridine rings is 1. The van der Waals surface area contributed by atoms with Gasteiger partial charge in [0.15, 0.2) is 0 Å². The molecule has 5 nitrogen and oxygen atoms in total. The zero-order valence-electron chi connectivity index (χ0n) is 11.2. The molecule has 0 aliphatic rings. The highest BCUT2D eigenvalue weighted by Crippen LogP contribution is 2.11. The number of amides is 1. The van der Waals surface area contributed by atoms with Crippen LogP contribution in [0.15, 0.2) is 42.5 Å². The Morgan fingerprint density at radius 3 is 2.50 bits per heavy atom. The Morgan fingerprint density at radius 1 is 1.10 bits per heavy atom. The van der Waals surface area contributed by atoms with Gasteiger partial charge in [0.05, 0.1) is 7.11 Å². The molecule has 20 heavy (non-hydrogen) atoms. The van der Waals surface area contributed by atoms with Gasteiger partial charge in [-0.15, -0.1) is 0 Å². The smallest absolute Gasteiger partial charge is 0.356 e. The molecule has 5 heteroatoms. The molecule has 0 unspecified atom stereocenters. The molecule has 0 saturated carbocycles. The highest BCUT2D eigenvalue weighted by atomic mass is 16.5. The summed E-state index contributed by atoms with van der Waals surface area (Å²) in [5.74, 6) is -0.948. The summed E-state index contributed by atoms with van der Waals surface area (Å²) in [6.07, 6.45) is 0. The number of carbonyl (C=O) groups is 2. The minimum atomic E-state index is -0.574. The topological polar surface area (TPSA) is 68.3 Å². The largest absolute Gasteiger partial charge is 0.464 e. The molecular weight excluding hydrogens is 256 g/mol. The standard InChI is InChI=1S/C15H14N2O3/c1-10-5-3-6-11(9-10)16-14(18)12-7-4-8-13(17-12)15(19)20-2/h3-9H,1-2H3,(H,16,18). The number of benzene rings is 1. The van der Waals surface area contributed by atoms with E-state index in [1.54, 1.807) is 12.1 Å². The van der Waals surface area contributed by atoms with Crippen molar-refractivity contribution in [3.05, 3.63) is 59.4 Å². The molecule has 1 N–H and O–H groups in total. The summed E-state index contributed by atoms with van der Waals surface area (Å²) in [5.41, 5.74) is 1.98. The van der Waals surface area contributed by atoms with E-state index in [1.807, 2.05) is 25.1 Å². The highest BCUT2D eigenvalue weighted by Gasteiger charge is 2.12. The summed E-state index contributed by atoms with van der Waals surface area (Å²) < 4.78 is 4.57. The van der Waals surface area contributed by atoms with E-state index in [9.17, 15) is 9.59 Å². The summed E-state index contributed by atoms with van der Waals surface area (Å²) in [5, 5.41) is 2.73. The number of anilines is 1. The van der Waals surface area contributed by atoms with E-state index in [4.69, 9.17) is 0 Å². The van der Waals surface area contributed by atoms with Gasteiger partial charge in [0, 0.05) is 5.69 Å². The predicted molar refractivity (Wildman–Crippen MR) is 74.7 cm³/mol. The lowest BCUT2D eigenvalue weighted by molar-refractivity contribution is 0.0594. The molecule has 0 saturated heterocycles. The van der Waals surface area contributed by atoms with E-state index in [0.717, 1.165) is 5.56 Å². The third-order valence-electron chi connectivity index (χ3n) is 2.65. The van der Waals surface area contributed by atoms with E-state index in [-0.39, 0.29) is 17.3 Å². The normalized spacial score (nSPS) is 9.90. The lowest BCUT2D eigenvalue weighted by atomic mass is 10.2. The molecule has 1 aromatic heterocycles. The van der Waals surface area contributed by atoms with Crippen LogP contribution in [0.4, 0.5) is 5.69 Å². The average molecular weight is 270 g/mol. The number of aryl methyl sites for hydroxylation is 1. The number of hydrogen-bond donors (Lipinski definition) is 1. The van der Waals surface area contributed by atoms with Gasteiger partial charge in [-0.05, 0) is 36.8 Å². The van der Waals surface area contributed by atoms with Crippen molar-refractivity contribution < 1.29 is 14.3 Å².